The van der Waals surface area contributed by atoms with Crippen LogP contribution in [0.2, 0.25) is 0 Å². The molecule has 2 aromatic rings. The number of ether oxygens (including phenoxy) is 2. The number of nitrogens with one attached hydrogen (secondary N) is 1. The third-order valence-electron chi connectivity index (χ3n) is 5.87. The SMILES string of the molecule is COc1cc(CN[C@@H]2CCCN(C(=O)C3CC3)[C@H]2c2ccc(C)s2)cc(OC)c1. The summed E-state index contributed by atoms with van der Waals surface area (Å²) in [5, 5.41) is 3.74. The number of thiophene rings is 1. The van der Waals surface area contributed by atoms with Crippen molar-refractivity contribution in [2.24, 2.45) is 5.92 Å². The zero-order valence-corrected chi connectivity index (χ0v) is 18.3. The van der Waals surface area contributed by atoms with Crippen LogP contribution < -0.4 is 14.8 Å². The molecule has 1 aromatic heterocycles. The molecular formula is C23H30N2O3S. The van der Waals surface area contributed by atoms with Gasteiger partial charge >= 0.3 is 0 Å². The van der Waals surface area contributed by atoms with Gasteiger partial charge in [-0.15, -0.1) is 11.3 Å². The molecule has 1 amide bonds. The minimum Gasteiger partial charge on any atom is -0.497 e. The monoisotopic (exact) mass is 414 g/mol. The maximum atomic E-state index is 13.0. The van der Waals surface area contributed by atoms with E-state index in [1.165, 1.54) is 9.75 Å². The molecule has 2 aliphatic rings. The van der Waals surface area contributed by atoms with Gasteiger partial charge in [-0.2, -0.15) is 0 Å². The number of likely N-dealkylation sites (tertiary alicyclic amines) is 1. The quantitative estimate of drug-likeness (QED) is 0.734. The molecule has 1 aromatic carbocycles. The third kappa shape index (κ3) is 4.59. The molecule has 1 N–H and O–H groups in total. The summed E-state index contributed by atoms with van der Waals surface area (Å²) in [6.45, 7) is 3.71. The summed E-state index contributed by atoms with van der Waals surface area (Å²) >= 11 is 1.81. The molecule has 1 saturated heterocycles. The number of piperidine rings is 1. The number of nitrogens with zero attached hydrogens (tertiary/aromatic N) is 1. The molecule has 1 aliphatic carbocycles. The Hall–Kier alpha value is -2.05. The van der Waals surface area contributed by atoms with Gasteiger partial charge in [0.25, 0.3) is 0 Å². The van der Waals surface area contributed by atoms with Gasteiger partial charge < -0.3 is 19.7 Å². The van der Waals surface area contributed by atoms with Crippen LogP contribution in [0.15, 0.2) is 30.3 Å². The van der Waals surface area contributed by atoms with E-state index in [0.29, 0.717) is 12.5 Å². The minimum atomic E-state index is 0.114. The summed E-state index contributed by atoms with van der Waals surface area (Å²) in [4.78, 5) is 17.7. The van der Waals surface area contributed by atoms with Gasteiger partial charge in [0.05, 0.1) is 20.3 Å². The van der Waals surface area contributed by atoms with Crippen molar-refractivity contribution in [3.63, 3.8) is 0 Å². The Labute approximate surface area is 177 Å². The predicted molar refractivity (Wildman–Crippen MR) is 116 cm³/mol. The van der Waals surface area contributed by atoms with Crippen LogP contribution in [0.3, 0.4) is 0 Å². The highest BCUT2D eigenvalue weighted by Crippen LogP contribution is 2.40. The fourth-order valence-corrected chi connectivity index (χ4v) is 5.26. The van der Waals surface area contributed by atoms with Crippen molar-refractivity contribution >= 4 is 17.2 Å². The number of carbonyl (C=O) groups excluding carboxylic acids is 1. The normalized spacial score (nSPS) is 21.8. The molecule has 156 valence electrons. The first-order valence-electron chi connectivity index (χ1n) is 10.4. The summed E-state index contributed by atoms with van der Waals surface area (Å²) in [6.07, 6.45) is 4.20. The first kappa shape index (κ1) is 20.2. The summed E-state index contributed by atoms with van der Waals surface area (Å²) in [6, 6.07) is 10.7. The standard InChI is InChI=1S/C23H30N2O3S/c1-15-6-9-21(29-15)22-20(5-4-10-25(22)23(26)17-7-8-17)24-14-16-11-18(27-2)13-19(12-16)28-3/h6,9,11-13,17,20,22,24H,4-5,7-8,10,14H2,1-3H3/t20-,22-/m1/s1. The van der Waals surface area contributed by atoms with E-state index in [0.717, 1.165) is 49.3 Å². The van der Waals surface area contributed by atoms with E-state index >= 15 is 0 Å². The number of hydrogen-bond acceptors (Lipinski definition) is 5. The van der Waals surface area contributed by atoms with Gasteiger partial charge in [0, 0.05) is 40.9 Å². The zero-order chi connectivity index (χ0) is 20.4. The molecule has 0 radical (unpaired) electrons. The smallest absolute Gasteiger partial charge is 0.226 e. The van der Waals surface area contributed by atoms with Crippen molar-refractivity contribution in [1.82, 2.24) is 10.2 Å². The lowest BCUT2D eigenvalue weighted by Gasteiger charge is -2.41. The Morgan fingerprint density at radius 2 is 1.86 bits per heavy atom. The molecule has 4 rings (SSSR count). The van der Waals surface area contributed by atoms with Crippen LogP contribution in [0.5, 0.6) is 11.5 Å². The van der Waals surface area contributed by atoms with Crippen LogP contribution >= 0.6 is 11.3 Å². The fourth-order valence-electron chi connectivity index (χ4n) is 4.20. The molecule has 1 aliphatic heterocycles. The highest BCUT2D eigenvalue weighted by molar-refractivity contribution is 7.12. The van der Waals surface area contributed by atoms with E-state index in [2.05, 4.69) is 29.3 Å². The molecule has 2 fully saturated rings. The Balaban J connectivity index is 1.55. The van der Waals surface area contributed by atoms with E-state index in [9.17, 15) is 4.79 Å². The molecular weight excluding hydrogens is 384 g/mol. The number of hydrogen-bond donors (Lipinski definition) is 1. The Kier molecular flexibility index (Phi) is 6.11. The third-order valence-corrected chi connectivity index (χ3v) is 6.94. The van der Waals surface area contributed by atoms with E-state index in [4.69, 9.17) is 9.47 Å². The van der Waals surface area contributed by atoms with Crippen LogP contribution in [0, 0.1) is 12.8 Å². The van der Waals surface area contributed by atoms with Gasteiger partial charge in [-0.25, -0.2) is 0 Å². The topological polar surface area (TPSA) is 50.8 Å². The second-order valence-electron chi connectivity index (χ2n) is 8.05. The maximum Gasteiger partial charge on any atom is 0.226 e. The molecule has 2 atom stereocenters. The van der Waals surface area contributed by atoms with E-state index in [1.54, 1.807) is 14.2 Å². The van der Waals surface area contributed by atoms with Gasteiger partial charge in [0.15, 0.2) is 0 Å². The fraction of sp³-hybridized carbons (Fsp3) is 0.522. The largest absolute Gasteiger partial charge is 0.497 e. The molecule has 1 saturated carbocycles. The average Bonchev–Trinajstić information content (AvgIpc) is 3.51. The second-order valence-corrected chi connectivity index (χ2v) is 9.37. The van der Waals surface area contributed by atoms with E-state index in [1.807, 2.05) is 29.5 Å². The number of carbonyl (C=O) groups is 1. The first-order chi connectivity index (χ1) is 14.1. The Morgan fingerprint density at radius 1 is 1.14 bits per heavy atom. The van der Waals surface area contributed by atoms with Crippen molar-refractivity contribution in [1.29, 1.82) is 0 Å². The lowest BCUT2D eigenvalue weighted by Crippen LogP contribution is -2.50. The Morgan fingerprint density at radius 3 is 2.45 bits per heavy atom. The van der Waals surface area contributed by atoms with Crippen molar-refractivity contribution in [3.05, 3.63) is 45.6 Å². The lowest BCUT2D eigenvalue weighted by atomic mass is 9.93. The minimum absolute atomic E-state index is 0.114. The average molecular weight is 415 g/mol. The van der Waals surface area contributed by atoms with E-state index < -0.39 is 0 Å². The van der Waals surface area contributed by atoms with Crippen molar-refractivity contribution in [2.45, 2.75) is 51.2 Å². The molecule has 6 heteroatoms. The summed E-state index contributed by atoms with van der Waals surface area (Å²) in [5.74, 6) is 2.18. The van der Waals surface area contributed by atoms with Crippen molar-refractivity contribution < 1.29 is 14.3 Å². The van der Waals surface area contributed by atoms with Crippen LogP contribution in [0.1, 0.15) is 47.0 Å². The van der Waals surface area contributed by atoms with Crippen LogP contribution in [0.25, 0.3) is 0 Å². The number of rotatable bonds is 7. The number of methoxy groups -OCH3 is 2. The molecule has 29 heavy (non-hydrogen) atoms. The summed E-state index contributed by atoms with van der Waals surface area (Å²) in [5.41, 5.74) is 1.12. The lowest BCUT2D eigenvalue weighted by molar-refractivity contribution is -0.137. The van der Waals surface area contributed by atoms with Gasteiger partial charge in [-0.3, -0.25) is 4.79 Å². The van der Waals surface area contributed by atoms with Crippen LogP contribution in [-0.4, -0.2) is 37.6 Å². The van der Waals surface area contributed by atoms with E-state index in [-0.39, 0.29) is 18.0 Å². The van der Waals surface area contributed by atoms with Gasteiger partial charge in [0.1, 0.15) is 11.5 Å². The zero-order valence-electron chi connectivity index (χ0n) is 17.4. The summed E-state index contributed by atoms with van der Waals surface area (Å²) < 4.78 is 10.8. The van der Waals surface area contributed by atoms with Crippen LogP contribution in [0.4, 0.5) is 0 Å². The number of amides is 1. The predicted octanol–water partition coefficient (Wildman–Crippen LogP) is 4.31. The summed E-state index contributed by atoms with van der Waals surface area (Å²) in [7, 11) is 3.34. The van der Waals surface area contributed by atoms with Gasteiger partial charge in [-0.05, 0) is 62.4 Å². The number of benzene rings is 1. The van der Waals surface area contributed by atoms with Crippen molar-refractivity contribution in [2.75, 3.05) is 20.8 Å². The van der Waals surface area contributed by atoms with Gasteiger partial charge in [-0.1, -0.05) is 0 Å². The van der Waals surface area contributed by atoms with Crippen LogP contribution in [-0.2, 0) is 11.3 Å². The molecule has 0 bridgehead atoms. The van der Waals surface area contributed by atoms with Gasteiger partial charge in [0.2, 0.25) is 5.91 Å². The molecule has 0 spiro atoms. The molecule has 2 heterocycles. The van der Waals surface area contributed by atoms with Crippen molar-refractivity contribution in [3.8, 4) is 11.5 Å². The highest BCUT2D eigenvalue weighted by atomic mass is 32.1. The first-order valence-corrected chi connectivity index (χ1v) is 11.2. The molecule has 5 nitrogen and oxygen atoms in total. The number of aryl methyl sites for hydroxylation is 1. The Bertz CT molecular complexity index is 839. The highest BCUT2D eigenvalue weighted by Gasteiger charge is 2.41. The molecule has 0 unspecified atom stereocenters. The maximum absolute atomic E-state index is 13.0. The second kappa shape index (κ2) is 8.76.